The largest absolute Gasteiger partial charge is 0.481 e. The molecule has 0 aliphatic carbocycles. The summed E-state index contributed by atoms with van der Waals surface area (Å²) in [6.07, 6.45) is 1.67. The summed E-state index contributed by atoms with van der Waals surface area (Å²) < 4.78 is 1.69. The normalized spacial score (nSPS) is 15.9. The van der Waals surface area contributed by atoms with Crippen molar-refractivity contribution in [2.24, 2.45) is 0 Å². The summed E-state index contributed by atoms with van der Waals surface area (Å²) in [6.45, 7) is 1.93. The predicted octanol–water partition coefficient (Wildman–Crippen LogP) is 2.00. The summed E-state index contributed by atoms with van der Waals surface area (Å²) in [5.41, 5.74) is 1.99. The van der Waals surface area contributed by atoms with Gasteiger partial charge in [0.25, 0.3) is 5.95 Å². The maximum absolute atomic E-state index is 11.7. The summed E-state index contributed by atoms with van der Waals surface area (Å²) in [5.74, 6) is -0.775. The first kappa shape index (κ1) is 15.7. The van der Waals surface area contributed by atoms with Crippen LogP contribution in [-0.2, 0) is 9.59 Å². The molecule has 0 fully saturated rings. The molecule has 1 aromatic carbocycles. The van der Waals surface area contributed by atoms with E-state index in [0.717, 1.165) is 11.3 Å². The maximum atomic E-state index is 11.7. The Labute approximate surface area is 138 Å². The van der Waals surface area contributed by atoms with Crippen LogP contribution in [0.5, 0.6) is 0 Å². The molecular formula is C16H17N5O3. The fourth-order valence-corrected chi connectivity index (χ4v) is 2.48. The zero-order valence-electron chi connectivity index (χ0n) is 13.1. The highest BCUT2D eigenvalue weighted by Crippen LogP contribution is 2.29. The van der Waals surface area contributed by atoms with Crippen molar-refractivity contribution < 1.29 is 14.7 Å². The highest BCUT2D eigenvalue weighted by atomic mass is 16.4. The van der Waals surface area contributed by atoms with E-state index in [9.17, 15) is 9.59 Å². The van der Waals surface area contributed by atoms with Crippen molar-refractivity contribution in [1.82, 2.24) is 14.8 Å². The van der Waals surface area contributed by atoms with Crippen LogP contribution in [0.3, 0.4) is 0 Å². The van der Waals surface area contributed by atoms with Gasteiger partial charge < -0.3 is 10.4 Å². The Morgan fingerprint density at radius 2 is 2.04 bits per heavy atom. The third kappa shape index (κ3) is 3.43. The monoisotopic (exact) mass is 327 g/mol. The number of hydrogen-bond acceptors (Lipinski definition) is 5. The van der Waals surface area contributed by atoms with Gasteiger partial charge in [0.05, 0.1) is 6.42 Å². The topological polar surface area (TPSA) is 109 Å². The first-order valence-corrected chi connectivity index (χ1v) is 7.51. The van der Waals surface area contributed by atoms with Gasteiger partial charge in [0.1, 0.15) is 6.04 Å². The van der Waals surface area contributed by atoms with Gasteiger partial charge in [-0.05, 0) is 18.6 Å². The third-order valence-electron chi connectivity index (χ3n) is 3.57. The first-order chi connectivity index (χ1) is 11.5. The predicted molar refractivity (Wildman–Crippen MR) is 87.5 cm³/mol. The van der Waals surface area contributed by atoms with Crippen molar-refractivity contribution in [1.29, 1.82) is 0 Å². The molecule has 8 heteroatoms. The average Bonchev–Trinajstić information content (AvgIpc) is 2.95. The lowest BCUT2D eigenvalue weighted by molar-refractivity contribution is -0.138. The molecule has 1 atom stereocenters. The molecule has 3 rings (SSSR count). The molecule has 2 heterocycles. The number of nitrogens with zero attached hydrogens (tertiary/aromatic N) is 3. The highest BCUT2D eigenvalue weighted by Gasteiger charge is 2.23. The number of aliphatic carboxylic acids is 1. The molecule has 0 saturated carbocycles. The maximum Gasteiger partial charge on any atom is 0.303 e. The minimum Gasteiger partial charge on any atom is -0.481 e. The van der Waals surface area contributed by atoms with Crippen LogP contribution in [0.4, 0.5) is 11.9 Å². The van der Waals surface area contributed by atoms with E-state index in [1.54, 1.807) is 4.68 Å². The van der Waals surface area contributed by atoms with Crippen LogP contribution in [0, 0.1) is 0 Å². The lowest BCUT2D eigenvalue weighted by Crippen LogP contribution is -2.19. The van der Waals surface area contributed by atoms with Crippen molar-refractivity contribution >= 4 is 23.8 Å². The number of carbonyl (C=O) groups is 2. The fraction of sp³-hybridized carbons (Fsp3) is 0.250. The van der Waals surface area contributed by atoms with Crippen molar-refractivity contribution in [3.8, 4) is 0 Å². The zero-order chi connectivity index (χ0) is 17.1. The number of carboxylic acid groups (broad SMARTS) is 1. The molecule has 0 saturated heterocycles. The average molecular weight is 327 g/mol. The van der Waals surface area contributed by atoms with Gasteiger partial charge in [0.15, 0.2) is 0 Å². The highest BCUT2D eigenvalue weighted by molar-refractivity contribution is 5.91. The fourth-order valence-electron chi connectivity index (χ4n) is 2.48. The quantitative estimate of drug-likeness (QED) is 0.775. The molecular weight excluding hydrogens is 310 g/mol. The van der Waals surface area contributed by atoms with Gasteiger partial charge in [-0.1, -0.05) is 30.3 Å². The molecule has 0 radical (unpaired) electrons. The SMILES string of the molecule is CC1=C[C@H](c2ccccc2)n2nc(NC(=O)CCC(=O)O)nc2N1. The van der Waals surface area contributed by atoms with Crippen LogP contribution in [0.25, 0.3) is 0 Å². The Morgan fingerprint density at radius 3 is 2.75 bits per heavy atom. The van der Waals surface area contributed by atoms with Gasteiger partial charge >= 0.3 is 5.97 Å². The molecule has 8 nitrogen and oxygen atoms in total. The van der Waals surface area contributed by atoms with E-state index in [1.165, 1.54) is 0 Å². The zero-order valence-corrected chi connectivity index (χ0v) is 13.1. The van der Waals surface area contributed by atoms with E-state index < -0.39 is 11.9 Å². The number of hydrogen-bond donors (Lipinski definition) is 3. The second kappa shape index (κ2) is 6.53. The van der Waals surface area contributed by atoms with Crippen LogP contribution in [0.1, 0.15) is 31.4 Å². The lowest BCUT2D eigenvalue weighted by Gasteiger charge is -2.22. The molecule has 1 aliphatic rings. The van der Waals surface area contributed by atoms with Gasteiger partial charge in [-0.25, -0.2) is 4.68 Å². The van der Waals surface area contributed by atoms with Gasteiger partial charge in [0, 0.05) is 12.1 Å². The van der Waals surface area contributed by atoms with Crippen LogP contribution in [0.15, 0.2) is 42.1 Å². The number of aromatic nitrogens is 3. The van der Waals surface area contributed by atoms with E-state index in [4.69, 9.17) is 5.11 Å². The number of anilines is 2. The first-order valence-electron chi connectivity index (χ1n) is 7.51. The molecule has 0 bridgehead atoms. The van der Waals surface area contributed by atoms with Gasteiger partial charge in [-0.2, -0.15) is 4.98 Å². The molecule has 24 heavy (non-hydrogen) atoms. The van der Waals surface area contributed by atoms with E-state index in [2.05, 4.69) is 20.7 Å². The Kier molecular flexibility index (Phi) is 4.28. The Morgan fingerprint density at radius 1 is 1.29 bits per heavy atom. The van der Waals surface area contributed by atoms with E-state index in [0.29, 0.717) is 5.95 Å². The Balaban J connectivity index is 1.81. The molecule has 0 spiro atoms. The Bertz CT molecular complexity index is 797. The lowest BCUT2D eigenvalue weighted by atomic mass is 10.1. The molecule has 124 valence electrons. The smallest absolute Gasteiger partial charge is 0.303 e. The number of rotatable bonds is 5. The van der Waals surface area contributed by atoms with Crippen LogP contribution < -0.4 is 10.6 Å². The summed E-state index contributed by atoms with van der Waals surface area (Å²) in [6, 6.07) is 9.71. The Hall–Kier alpha value is -3.16. The summed E-state index contributed by atoms with van der Waals surface area (Å²) in [7, 11) is 0. The molecule has 1 amide bonds. The van der Waals surface area contributed by atoms with Crippen LogP contribution in [-0.4, -0.2) is 31.7 Å². The number of allylic oxidation sites excluding steroid dienone is 2. The number of nitrogens with one attached hydrogen (secondary N) is 2. The molecule has 3 N–H and O–H groups in total. The number of fused-ring (bicyclic) bond motifs is 1. The van der Waals surface area contributed by atoms with Crippen molar-refractivity contribution in [2.45, 2.75) is 25.8 Å². The van der Waals surface area contributed by atoms with Gasteiger partial charge in [0.2, 0.25) is 11.9 Å². The second-order valence-corrected chi connectivity index (χ2v) is 5.48. The summed E-state index contributed by atoms with van der Waals surface area (Å²) >= 11 is 0. The summed E-state index contributed by atoms with van der Waals surface area (Å²) in [4.78, 5) is 26.5. The number of benzene rings is 1. The third-order valence-corrected chi connectivity index (χ3v) is 3.57. The number of carboxylic acids is 1. The molecule has 1 aliphatic heterocycles. The van der Waals surface area contributed by atoms with E-state index in [1.807, 2.05) is 43.3 Å². The van der Waals surface area contributed by atoms with Crippen molar-refractivity contribution in [3.05, 3.63) is 47.7 Å². The van der Waals surface area contributed by atoms with Gasteiger partial charge in [-0.3, -0.25) is 14.9 Å². The number of amides is 1. The minimum absolute atomic E-state index is 0.119. The minimum atomic E-state index is -1.02. The van der Waals surface area contributed by atoms with E-state index in [-0.39, 0.29) is 24.8 Å². The molecule has 2 aromatic rings. The molecule has 1 aromatic heterocycles. The number of carbonyl (C=O) groups excluding carboxylic acids is 1. The van der Waals surface area contributed by atoms with Crippen molar-refractivity contribution in [3.63, 3.8) is 0 Å². The van der Waals surface area contributed by atoms with E-state index >= 15 is 0 Å². The molecule has 0 unspecified atom stereocenters. The standard InChI is InChI=1S/C16H17N5O3/c1-10-9-12(11-5-3-2-4-6-11)21-16(17-10)19-15(20-21)18-13(22)7-8-14(23)24/h2-6,9,12H,7-8H2,1H3,(H,23,24)(H2,17,18,19,20,22)/t12-/m1/s1. The van der Waals surface area contributed by atoms with Crippen LogP contribution in [0.2, 0.25) is 0 Å². The second-order valence-electron chi connectivity index (χ2n) is 5.48. The van der Waals surface area contributed by atoms with Crippen molar-refractivity contribution in [2.75, 3.05) is 10.6 Å². The van der Waals surface area contributed by atoms with Gasteiger partial charge in [-0.15, -0.1) is 5.10 Å². The summed E-state index contributed by atoms with van der Waals surface area (Å²) in [5, 5.41) is 18.6. The van der Waals surface area contributed by atoms with Crippen LogP contribution >= 0.6 is 0 Å².